The van der Waals surface area contributed by atoms with E-state index in [-0.39, 0.29) is 24.4 Å². The molecule has 0 bridgehead atoms. The molecule has 1 aromatic rings. The van der Waals surface area contributed by atoms with E-state index in [1.807, 2.05) is 36.1 Å². The number of nitrogens with zero attached hydrogens (tertiary/aromatic N) is 1. The molecule has 22 heavy (non-hydrogen) atoms. The molecule has 1 saturated heterocycles. The quantitative estimate of drug-likeness (QED) is 0.846. The van der Waals surface area contributed by atoms with Gasteiger partial charge in [-0.2, -0.15) is 0 Å². The van der Waals surface area contributed by atoms with Gasteiger partial charge < -0.3 is 10.4 Å². The third kappa shape index (κ3) is 3.65. The van der Waals surface area contributed by atoms with E-state index in [1.165, 1.54) is 0 Å². The van der Waals surface area contributed by atoms with Crippen molar-refractivity contribution < 1.29 is 14.7 Å². The molecule has 1 aliphatic rings. The van der Waals surface area contributed by atoms with Gasteiger partial charge in [0, 0.05) is 11.7 Å². The monoisotopic (exact) mass is 304 g/mol. The number of hydrogen-bond acceptors (Lipinski definition) is 3. The second kappa shape index (κ2) is 7.40. The Balaban J connectivity index is 1.99. The maximum absolute atomic E-state index is 12.3. The molecular formula is C17H24N2O3. The molecule has 5 heteroatoms. The number of carboxylic acids is 1. The van der Waals surface area contributed by atoms with Crippen molar-refractivity contribution in [2.45, 2.75) is 39.2 Å². The molecular weight excluding hydrogens is 280 g/mol. The second-order valence-corrected chi connectivity index (χ2v) is 5.74. The highest BCUT2D eigenvalue weighted by Gasteiger charge is 2.38. The summed E-state index contributed by atoms with van der Waals surface area (Å²) in [6, 6.07) is 7.71. The van der Waals surface area contributed by atoms with Gasteiger partial charge in [-0.3, -0.25) is 14.5 Å². The number of aliphatic carboxylic acids is 1. The molecule has 5 nitrogen and oxygen atoms in total. The zero-order valence-corrected chi connectivity index (χ0v) is 13.2. The molecule has 1 amide bonds. The normalized spacial score (nSPS) is 21.7. The molecule has 1 heterocycles. The molecule has 0 saturated carbocycles. The molecule has 0 aliphatic carbocycles. The van der Waals surface area contributed by atoms with E-state index in [9.17, 15) is 14.7 Å². The SMILES string of the molecule is CCc1ccccc1NC(=O)CN1CCC(C(=O)O)C1CC. The Morgan fingerprint density at radius 2 is 2.05 bits per heavy atom. The summed E-state index contributed by atoms with van der Waals surface area (Å²) in [7, 11) is 0. The van der Waals surface area contributed by atoms with Crippen LogP contribution in [0.3, 0.4) is 0 Å². The lowest BCUT2D eigenvalue weighted by atomic mass is 9.99. The van der Waals surface area contributed by atoms with Crippen LogP contribution in [0.2, 0.25) is 0 Å². The van der Waals surface area contributed by atoms with Gasteiger partial charge in [0.2, 0.25) is 5.91 Å². The number of carbonyl (C=O) groups is 2. The number of hydrogen-bond donors (Lipinski definition) is 2. The molecule has 2 rings (SSSR count). The molecule has 2 N–H and O–H groups in total. The number of benzene rings is 1. The number of aryl methyl sites for hydroxylation is 1. The van der Waals surface area contributed by atoms with Crippen LogP contribution in [0.5, 0.6) is 0 Å². The maximum atomic E-state index is 12.3. The van der Waals surface area contributed by atoms with Gasteiger partial charge in [-0.05, 0) is 37.4 Å². The van der Waals surface area contributed by atoms with Crippen molar-refractivity contribution >= 4 is 17.6 Å². The van der Waals surface area contributed by atoms with Gasteiger partial charge in [0.15, 0.2) is 0 Å². The Bertz CT molecular complexity index is 544. The minimum absolute atomic E-state index is 0.0512. The van der Waals surface area contributed by atoms with Gasteiger partial charge in [-0.25, -0.2) is 0 Å². The van der Waals surface area contributed by atoms with Crippen molar-refractivity contribution in [3.05, 3.63) is 29.8 Å². The summed E-state index contributed by atoms with van der Waals surface area (Å²) >= 11 is 0. The van der Waals surface area contributed by atoms with Gasteiger partial charge >= 0.3 is 5.97 Å². The molecule has 0 spiro atoms. The number of carbonyl (C=O) groups excluding carboxylic acids is 1. The van der Waals surface area contributed by atoms with Gasteiger partial charge in [0.25, 0.3) is 0 Å². The van der Waals surface area contributed by atoms with E-state index >= 15 is 0 Å². The molecule has 2 unspecified atom stereocenters. The Morgan fingerprint density at radius 3 is 2.68 bits per heavy atom. The van der Waals surface area contributed by atoms with Crippen LogP contribution in [0.1, 0.15) is 32.3 Å². The van der Waals surface area contributed by atoms with Gasteiger partial charge in [0.05, 0.1) is 12.5 Å². The lowest BCUT2D eigenvalue weighted by Gasteiger charge is -2.25. The van der Waals surface area contributed by atoms with Crippen LogP contribution in [-0.2, 0) is 16.0 Å². The van der Waals surface area contributed by atoms with Crippen LogP contribution in [0, 0.1) is 5.92 Å². The minimum atomic E-state index is -0.758. The van der Waals surface area contributed by atoms with Crippen LogP contribution in [-0.4, -0.2) is 41.0 Å². The van der Waals surface area contributed by atoms with Crippen molar-refractivity contribution in [1.82, 2.24) is 4.90 Å². The van der Waals surface area contributed by atoms with Crippen LogP contribution < -0.4 is 5.32 Å². The largest absolute Gasteiger partial charge is 0.481 e. The predicted octanol–water partition coefficient (Wildman–Crippen LogP) is 2.37. The lowest BCUT2D eigenvalue weighted by Crippen LogP contribution is -2.40. The van der Waals surface area contributed by atoms with Crippen molar-refractivity contribution in [3.8, 4) is 0 Å². The number of likely N-dealkylation sites (tertiary alicyclic amines) is 1. The molecule has 1 fully saturated rings. The van der Waals surface area contributed by atoms with Crippen molar-refractivity contribution in [3.63, 3.8) is 0 Å². The van der Waals surface area contributed by atoms with Crippen molar-refractivity contribution in [2.75, 3.05) is 18.4 Å². The fourth-order valence-corrected chi connectivity index (χ4v) is 3.27. The fourth-order valence-electron chi connectivity index (χ4n) is 3.27. The van der Waals surface area contributed by atoms with Gasteiger partial charge in [-0.1, -0.05) is 32.0 Å². The highest BCUT2D eigenvalue weighted by molar-refractivity contribution is 5.93. The van der Waals surface area contributed by atoms with E-state index in [2.05, 4.69) is 12.2 Å². The first-order valence-electron chi connectivity index (χ1n) is 7.91. The van der Waals surface area contributed by atoms with E-state index < -0.39 is 5.97 Å². The molecule has 120 valence electrons. The number of carboxylic acid groups (broad SMARTS) is 1. The topological polar surface area (TPSA) is 69.6 Å². The molecule has 2 atom stereocenters. The third-order valence-electron chi connectivity index (χ3n) is 4.42. The van der Waals surface area contributed by atoms with E-state index in [1.54, 1.807) is 0 Å². The van der Waals surface area contributed by atoms with Crippen molar-refractivity contribution in [2.24, 2.45) is 5.92 Å². The van der Waals surface area contributed by atoms with E-state index in [0.717, 1.165) is 24.1 Å². The first-order chi connectivity index (χ1) is 10.6. The number of para-hydroxylation sites is 1. The Morgan fingerprint density at radius 1 is 1.32 bits per heavy atom. The zero-order valence-electron chi connectivity index (χ0n) is 13.2. The van der Waals surface area contributed by atoms with Crippen LogP contribution in [0.25, 0.3) is 0 Å². The third-order valence-corrected chi connectivity index (χ3v) is 4.42. The Labute approximate surface area is 131 Å². The maximum Gasteiger partial charge on any atom is 0.308 e. The first-order valence-corrected chi connectivity index (χ1v) is 7.91. The zero-order chi connectivity index (χ0) is 16.1. The van der Waals surface area contributed by atoms with Crippen LogP contribution in [0.4, 0.5) is 5.69 Å². The summed E-state index contributed by atoms with van der Waals surface area (Å²) in [5.41, 5.74) is 1.95. The molecule has 1 aromatic carbocycles. The lowest BCUT2D eigenvalue weighted by molar-refractivity contribution is -0.142. The molecule has 0 radical (unpaired) electrons. The summed E-state index contributed by atoms with van der Waals surface area (Å²) in [5.74, 6) is -1.20. The van der Waals surface area contributed by atoms with E-state index in [0.29, 0.717) is 13.0 Å². The number of anilines is 1. The Kier molecular flexibility index (Phi) is 5.55. The summed E-state index contributed by atoms with van der Waals surface area (Å²) in [6.45, 7) is 4.94. The Hall–Kier alpha value is -1.88. The first kappa shape index (κ1) is 16.5. The average molecular weight is 304 g/mol. The number of rotatable bonds is 6. The predicted molar refractivity (Wildman–Crippen MR) is 85.8 cm³/mol. The summed E-state index contributed by atoms with van der Waals surface area (Å²) < 4.78 is 0. The van der Waals surface area contributed by atoms with Crippen molar-refractivity contribution in [1.29, 1.82) is 0 Å². The van der Waals surface area contributed by atoms with Gasteiger partial charge in [-0.15, -0.1) is 0 Å². The summed E-state index contributed by atoms with van der Waals surface area (Å²) in [4.78, 5) is 25.5. The summed E-state index contributed by atoms with van der Waals surface area (Å²) in [5, 5.41) is 12.2. The summed E-state index contributed by atoms with van der Waals surface area (Å²) in [6.07, 6.45) is 2.22. The highest BCUT2D eigenvalue weighted by atomic mass is 16.4. The number of amides is 1. The van der Waals surface area contributed by atoms with Gasteiger partial charge in [0.1, 0.15) is 0 Å². The fraction of sp³-hybridized carbons (Fsp3) is 0.529. The van der Waals surface area contributed by atoms with Crippen LogP contribution >= 0.6 is 0 Å². The molecule has 1 aliphatic heterocycles. The van der Waals surface area contributed by atoms with Crippen LogP contribution in [0.15, 0.2) is 24.3 Å². The standard InChI is InChI=1S/C17H24N2O3/c1-3-12-7-5-6-8-14(12)18-16(20)11-19-10-9-13(17(21)22)15(19)4-2/h5-8,13,15H,3-4,9-11H2,1-2H3,(H,18,20)(H,21,22). The van der Waals surface area contributed by atoms with E-state index in [4.69, 9.17) is 0 Å². The number of nitrogens with one attached hydrogen (secondary N) is 1. The molecule has 0 aromatic heterocycles. The second-order valence-electron chi connectivity index (χ2n) is 5.74. The minimum Gasteiger partial charge on any atom is -0.481 e. The average Bonchev–Trinajstić information content (AvgIpc) is 2.90. The smallest absolute Gasteiger partial charge is 0.308 e. The highest BCUT2D eigenvalue weighted by Crippen LogP contribution is 2.27.